The van der Waals surface area contributed by atoms with Crippen molar-refractivity contribution in [3.8, 4) is 0 Å². The van der Waals surface area contributed by atoms with Crippen molar-refractivity contribution in [1.82, 2.24) is 30.7 Å². The minimum atomic E-state index is -1.57. The number of hydrogen-bond donors (Lipinski definition) is 8. The molecule has 178 valence electrons. The van der Waals surface area contributed by atoms with Crippen molar-refractivity contribution in [3.05, 3.63) is 52.1 Å². The maximum absolute atomic E-state index is 12.4. The van der Waals surface area contributed by atoms with Gasteiger partial charge in [-0.1, -0.05) is 0 Å². The van der Waals surface area contributed by atoms with Crippen LogP contribution in [0.5, 0.6) is 0 Å². The number of fused-ring (bicyclic) bond motifs is 1. The molecule has 3 aromatic rings. The van der Waals surface area contributed by atoms with Gasteiger partial charge >= 0.3 is 11.9 Å². The van der Waals surface area contributed by atoms with E-state index in [1.807, 2.05) is 0 Å². The number of aromatic nitrogens is 4. The van der Waals surface area contributed by atoms with Crippen molar-refractivity contribution in [1.29, 1.82) is 0 Å². The van der Waals surface area contributed by atoms with Crippen LogP contribution >= 0.6 is 0 Å². The number of nitrogens with zero attached hydrogens (tertiary/aromatic N) is 3. The molecule has 3 rings (SSSR count). The normalized spacial score (nSPS) is 12.6. The van der Waals surface area contributed by atoms with Crippen molar-refractivity contribution < 1.29 is 29.8 Å². The maximum Gasteiger partial charge on any atom is 0.326 e. The summed E-state index contributed by atoms with van der Waals surface area (Å²) in [5.41, 5.74) is 7.76. The standard InChI is InChI=1S/C19H20N8O7/c20-19-25-14-13(16(29)26-19)23-10(7-22-14)6-21-9-3-1-8(2-4-9)15(28)24-11(17(30)31)5-12(27-34)18(32)33/h1-4,7,11-12,21,27,34H,5-6H2,(H,24,28)(H,30,31)(H,32,33)(H3,20,22,25,26,29)/t11-,12?/m0/s1. The van der Waals surface area contributed by atoms with Crippen molar-refractivity contribution >= 4 is 40.6 Å². The molecule has 0 aliphatic rings. The first-order valence-corrected chi connectivity index (χ1v) is 9.69. The molecule has 0 radical (unpaired) electrons. The lowest BCUT2D eigenvalue weighted by Gasteiger charge is -2.18. The van der Waals surface area contributed by atoms with E-state index in [0.29, 0.717) is 11.4 Å². The third kappa shape index (κ3) is 5.78. The van der Waals surface area contributed by atoms with Crippen LogP contribution in [-0.2, 0) is 16.1 Å². The molecule has 0 saturated heterocycles. The van der Waals surface area contributed by atoms with Gasteiger partial charge in [-0.3, -0.25) is 19.4 Å². The third-order valence-electron chi connectivity index (χ3n) is 4.64. The number of aliphatic carboxylic acids is 2. The molecule has 0 spiro atoms. The first-order valence-electron chi connectivity index (χ1n) is 9.69. The number of carbonyl (C=O) groups is 3. The summed E-state index contributed by atoms with van der Waals surface area (Å²) in [7, 11) is 0. The van der Waals surface area contributed by atoms with Gasteiger partial charge in [0, 0.05) is 17.7 Å². The summed E-state index contributed by atoms with van der Waals surface area (Å²) in [6.45, 7) is 0.199. The van der Waals surface area contributed by atoms with Crippen LogP contribution < -0.4 is 27.4 Å². The maximum atomic E-state index is 12.4. The number of H-pyrrole nitrogens is 1. The number of aromatic amines is 1. The molecule has 0 fully saturated rings. The Morgan fingerprint density at radius 3 is 2.35 bits per heavy atom. The second-order valence-corrected chi connectivity index (χ2v) is 7.04. The Balaban J connectivity index is 1.63. The Morgan fingerprint density at radius 1 is 1.06 bits per heavy atom. The number of hydroxylamine groups is 1. The first kappa shape index (κ1) is 24.0. The van der Waals surface area contributed by atoms with E-state index in [1.54, 1.807) is 12.1 Å². The summed E-state index contributed by atoms with van der Waals surface area (Å²) in [4.78, 5) is 61.1. The monoisotopic (exact) mass is 472 g/mol. The third-order valence-corrected chi connectivity index (χ3v) is 4.64. The van der Waals surface area contributed by atoms with Crippen LogP contribution in [0.1, 0.15) is 22.5 Å². The fourth-order valence-electron chi connectivity index (χ4n) is 2.90. The number of hydrogen-bond acceptors (Lipinski definition) is 11. The first-order chi connectivity index (χ1) is 16.2. The van der Waals surface area contributed by atoms with Gasteiger partial charge < -0.3 is 31.8 Å². The molecule has 15 heteroatoms. The number of nitrogens with one attached hydrogen (secondary N) is 4. The van der Waals surface area contributed by atoms with Gasteiger partial charge in [-0.15, -0.1) is 0 Å². The smallest absolute Gasteiger partial charge is 0.326 e. The molecule has 1 aromatic carbocycles. The fourth-order valence-corrected chi connectivity index (χ4v) is 2.90. The highest BCUT2D eigenvalue weighted by molar-refractivity contribution is 5.97. The zero-order valence-corrected chi connectivity index (χ0v) is 17.3. The molecule has 0 saturated carbocycles. The molecule has 15 nitrogen and oxygen atoms in total. The van der Waals surface area contributed by atoms with Crippen LogP contribution in [0.25, 0.3) is 11.2 Å². The molecule has 0 aliphatic carbocycles. The minimum Gasteiger partial charge on any atom is -0.480 e. The number of carboxylic acid groups (broad SMARTS) is 2. The van der Waals surface area contributed by atoms with E-state index < -0.39 is 41.9 Å². The van der Waals surface area contributed by atoms with Crippen LogP contribution in [0.15, 0.2) is 35.3 Å². The predicted octanol–water partition coefficient (Wildman–Crippen LogP) is -1.09. The van der Waals surface area contributed by atoms with E-state index >= 15 is 0 Å². The fraction of sp³-hybridized carbons (Fsp3) is 0.211. The number of carbonyl (C=O) groups excluding carboxylic acids is 1. The van der Waals surface area contributed by atoms with E-state index in [-0.39, 0.29) is 29.2 Å². The van der Waals surface area contributed by atoms with Crippen molar-refractivity contribution in [3.63, 3.8) is 0 Å². The highest BCUT2D eigenvalue weighted by atomic mass is 16.5. The van der Waals surface area contributed by atoms with Crippen LogP contribution in [0.4, 0.5) is 11.6 Å². The molecule has 34 heavy (non-hydrogen) atoms. The lowest BCUT2D eigenvalue weighted by molar-refractivity contribution is -0.144. The number of benzene rings is 1. The summed E-state index contributed by atoms with van der Waals surface area (Å²) < 4.78 is 0. The SMILES string of the molecule is Nc1nc2ncc(CNc3ccc(C(=O)N[C@@H](CC(NO)C(=O)O)C(=O)O)cc3)nc2c(=O)[nH]1. The predicted molar refractivity (Wildman–Crippen MR) is 116 cm³/mol. The van der Waals surface area contributed by atoms with E-state index in [0.717, 1.165) is 0 Å². The van der Waals surface area contributed by atoms with Gasteiger partial charge in [0.1, 0.15) is 12.1 Å². The van der Waals surface area contributed by atoms with Crippen LogP contribution in [0.2, 0.25) is 0 Å². The quantitative estimate of drug-likeness (QED) is 0.164. The Labute approximate surface area is 190 Å². The summed E-state index contributed by atoms with van der Waals surface area (Å²) in [6.07, 6.45) is 0.852. The molecule has 0 bridgehead atoms. The lowest BCUT2D eigenvalue weighted by atomic mass is 10.1. The molecule has 1 amide bonds. The number of rotatable bonds is 10. The minimum absolute atomic E-state index is 0.0371. The second-order valence-electron chi connectivity index (χ2n) is 7.04. The van der Waals surface area contributed by atoms with E-state index in [9.17, 15) is 24.3 Å². The van der Waals surface area contributed by atoms with Gasteiger partial charge in [-0.2, -0.15) is 10.5 Å². The number of nitrogen functional groups attached to an aromatic ring is 1. The summed E-state index contributed by atoms with van der Waals surface area (Å²) in [6, 6.07) is 2.85. The van der Waals surface area contributed by atoms with Gasteiger partial charge in [0.15, 0.2) is 11.2 Å². The van der Waals surface area contributed by atoms with Gasteiger partial charge in [0.05, 0.1) is 18.4 Å². The average Bonchev–Trinajstić information content (AvgIpc) is 2.80. The lowest BCUT2D eigenvalue weighted by Crippen LogP contribution is -2.47. The van der Waals surface area contributed by atoms with E-state index in [2.05, 4.69) is 30.6 Å². The molecule has 2 heterocycles. The van der Waals surface area contributed by atoms with Crippen molar-refractivity contribution in [2.75, 3.05) is 11.1 Å². The van der Waals surface area contributed by atoms with Crippen molar-refractivity contribution in [2.45, 2.75) is 25.0 Å². The summed E-state index contributed by atoms with van der Waals surface area (Å²) in [5, 5.41) is 32.3. The van der Waals surface area contributed by atoms with Crippen LogP contribution in [-0.4, -0.2) is 65.3 Å². The van der Waals surface area contributed by atoms with Crippen molar-refractivity contribution in [2.24, 2.45) is 0 Å². The zero-order valence-electron chi connectivity index (χ0n) is 17.3. The molecule has 9 N–H and O–H groups in total. The highest BCUT2D eigenvalue weighted by Crippen LogP contribution is 2.12. The Kier molecular flexibility index (Phi) is 7.29. The molecular weight excluding hydrogens is 452 g/mol. The average molecular weight is 472 g/mol. The molecule has 1 unspecified atom stereocenters. The number of anilines is 2. The summed E-state index contributed by atoms with van der Waals surface area (Å²) >= 11 is 0. The topological polar surface area (TPSA) is 246 Å². The van der Waals surface area contributed by atoms with E-state index in [4.69, 9.17) is 16.0 Å². The largest absolute Gasteiger partial charge is 0.480 e. The number of amides is 1. The van der Waals surface area contributed by atoms with Crippen LogP contribution in [0, 0.1) is 0 Å². The van der Waals surface area contributed by atoms with Gasteiger partial charge in [-0.05, 0) is 24.3 Å². The Hall–Kier alpha value is -4.63. The number of carboxylic acids is 2. The second kappa shape index (κ2) is 10.3. The molecular formula is C19H20N8O7. The molecule has 2 aromatic heterocycles. The highest BCUT2D eigenvalue weighted by Gasteiger charge is 2.28. The number of nitrogens with two attached hydrogens (primary N) is 1. The molecule has 0 aliphatic heterocycles. The van der Waals surface area contributed by atoms with E-state index in [1.165, 1.54) is 23.8 Å². The van der Waals surface area contributed by atoms with Gasteiger partial charge in [0.2, 0.25) is 5.95 Å². The molecule has 2 atom stereocenters. The summed E-state index contributed by atoms with van der Waals surface area (Å²) in [5.74, 6) is -3.74. The zero-order chi connectivity index (χ0) is 24.8. The Bertz CT molecular complexity index is 1280. The van der Waals surface area contributed by atoms with Crippen LogP contribution in [0.3, 0.4) is 0 Å². The van der Waals surface area contributed by atoms with Gasteiger partial charge in [-0.25, -0.2) is 14.8 Å². The van der Waals surface area contributed by atoms with Gasteiger partial charge in [0.25, 0.3) is 11.5 Å². The Morgan fingerprint density at radius 2 is 1.74 bits per heavy atom.